The van der Waals surface area contributed by atoms with Crippen molar-refractivity contribution < 1.29 is 5.11 Å². The van der Waals surface area contributed by atoms with Crippen LogP contribution in [0.4, 0.5) is 0 Å². The molecule has 1 aliphatic rings. The largest absolute Gasteiger partial charge is 0.392 e. The second kappa shape index (κ2) is 3.59. The smallest absolute Gasteiger partial charge is 0.0608 e. The van der Waals surface area contributed by atoms with Crippen molar-refractivity contribution in [2.75, 3.05) is 6.26 Å². The van der Waals surface area contributed by atoms with Crippen LogP contribution in [0, 0.1) is 0 Å². The zero-order valence-electron chi connectivity index (χ0n) is 8.66. The number of hydrogen-bond acceptors (Lipinski definition) is 2. The fourth-order valence-corrected chi connectivity index (χ4v) is 2.47. The van der Waals surface area contributed by atoms with Crippen LogP contribution in [0.2, 0.25) is 0 Å². The molecule has 0 bridgehead atoms. The lowest BCUT2D eigenvalue weighted by Crippen LogP contribution is -2.22. The highest BCUT2D eigenvalue weighted by Crippen LogP contribution is 2.51. The summed E-state index contributed by atoms with van der Waals surface area (Å²) < 4.78 is 0. The lowest BCUT2D eigenvalue weighted by atomic mass is 9.91. The van der Waals surface area contributed by atoms with Gasteiger partial charge >= 0.3 is 0 Å². The van der Waals surface area contributed by atoms with Crippen LogP contribution in [-0.2, 0) is 5.41 Å². The Morgan fingerprint density at radius 3 is 2.64 bits per heavy atom. The number of aliphatic hydroxyl groups is 1. The van der Waals surface area contributed by atoms with Crippen LogP contribution >= 0.6 is 11.8 Å². The molecule has 0 aliphatic heterocycles. The van der Waals surface area contributed by atoms with E-state index in [0.717, 1.165) is 12.8 Å². The monoisotopic (exact) mass is 208 g/mol. The second-order valence-corrected chi connectivity index (χ2v) is 4.94. The summed E-state index contributed by atoms with van der Waals surface area (Å²) in [7, 11) is 0. The summed E-state index contributed by atoms with van der Waals surface area (Å²) in [6.07, 6.45) is 4.12. The molecule has 1 saturated carbocycles. The molecule has 2 rings (SSSR count). The molecule has 2 heteroatoms. The van der Waals surface area contributed by atoms with E-state index in [1.165, 1.54) is 10.5 Å². The van der Waals surface area contributed by atoms with Gasteiger partial charge in [-0.3, -0.25) is 0 Å². The molecule has 0 radical (unpaired) electrons. The number of aliphatic hydroxyl groups excluding tert-OH is 1. The molecule has 0 amide bonds. The molecule has 0 saturated heterocycles. The van der Waals surface area contributed by atoms with Gasteiger partial charge in [0.2, 0.25) is 0 Å². The van der Waals surface area contributed by atoms with Gasteiger partial charge in [-0.1, -0.05) is 12.1 Å². The Labute approximate surface area is 89.5 Å². The van der Waals surface area contributed by atoms with Gasteiger partial charge in [-0.05, 0) is 43.7 Å². The Bertz CT molecular complexity index is 329. The van der Waals surface area contributed by atoms with Crippen LogP contribution < -0.4 is 0 Å². The van der Waals surface area contributed by atoms with Crippen molar-refractivity contribution in [2.24, 2.45) is 0 Å². The van der Waals surface area contributed by atoms with Crippen molar-refractivity contribution in [3.8, 4) is 0 Å². The van der Waals surface area contributed by atoms with Gasteiger partial charge in [0.25, 0.3) is 0 Å². The van der Waals surface area contributed by atoms with E-state index >= 15 is 0 Å². The SMILES string of the molecule is CSc1cccc(C2(C(C)O)CC2)c1. The first-order chi connectivity index (χ1) is 6.69. The predicted molar refractivity (Wildman–Crippen MR) is 60.8 cm³/mol. The van der Waals surface area contributed by atoms with Gasteiger partial charge in [0.1, 0.15) is 0 Å². The van der Waals surface area contributed by atoms with Crippen LogP contribution in [0.5, 0.6) is 0 Å². The van der Waals surface area contributed by atoms with Crippen molar-refractivity contribution in [3.63, 3.8) is 0 Å². The number of rotatable bonds is 3. The highest BCUT2D eigenvalue weighted by atomic mass is 32.2. The van der Waals surface area contributed by atoms with E-state index in [1.807, 2.05) is 6.92 Å². The van der Waals surface area contributed by atoms with Gasteiger partial charge in [-0.2, -0.15) is 0 Å². The van der Waals surface area contributed by atoms with Crippen molar-refractivity contribution in [1.29, 1.82) is 0 Å². The quantitative estimate of drug-likeness (QED) is 0.771. The molecular formula is C12H16OS. The Kier molecular flexibility index (Phi) is 2.58. The van der Waals surface area contributed by atoms with E-state index in [-0.39, 0.29) is 11.5 Å². The van der Waals surface area contributed by atoms with Crippen molar-refractivity contribution in [1.82, 2.24) is 0 Å². The second-order valence-electron chi connectivity index (χ2n) is 4.06. The van der Waals surface area contributed by atoms with Gasteiger partial charge in [-0.15, -0.1) is 11.8 Å². The predicted octanol–water partition coefficient (Wildman–Crippen LogP) is 2.82. The minimum absolute atomic E-state index is 0.0751. The third-order valence-corrected chi connectivity index (χ3v) is 3.96. The maximum atomic E-state index is 9.75. The molecule has 0 aromatic heterocycles. The maximum absolute atomic E-state index is 9.75. The van der Waals surface area contributed by atoms with E-state index in [9.17, 15) is 5.11 Å². The van der Waals surface area contributed by atoms with E-state index in [1.54, 1.807) is 11.8 Å². The molecule has 1 aromatic rings. The third-order valence-electron chi connectivity index (χ3n) is 3.23. The lowest BCUT2D eigenvalue weighted by Gasteiger charge is -2.19. The maximum Gasteiger partial charge on any atom is 0.0608 e. The zero-order chi connectivity index (χ0) is 10.2. The normalized spacial score (nSPS) is 20.5. The Balaban J connectivity index is 2.32. The fourth-order valence-electron chi connectivity index (χ4n) is 2.02. The van der Waals surface area contributed by atoms with E-state index in [2.05, 4.69) is 30.5 Å². The highest BCUT2D eigenvalue weighted by Gasteiger charge is 2.48. The molecule has 1 aliphatic carbocycles. The molecule has 14 heavy (non-hydrogen) atoms. The van der Waals surface area contributed by atoms with Gasteiger partial charge in [0.05, 0.1) is 6.10 Å². The van der Waals surface area contributed by atoms with Crippen LogP contribution in [0.15, 0.2) is 29.2 Å². The standard InChI is InChI=1S/C12H16OS/c1-9(13)12(6-7-12)10-4-3-5-11(8-10)14-2/h3-5,8-9,13H,6-7H2,1-2H3. The molecule has 1 nitrogen and oxygen atoms in total. The molecule has 1 N–H and O–H groups in total. The van der Waals surface area contributed by atoms with Crippen LogP contribution in [-0.4, -0.2) is 17.5 Å². The van der Waals surface area contributed by atoms with E-state index < -0.39 is 0 Å². The first-order valence-electron chi connectivity index (χ1n) is 5.02. The highest BCUT2D eigenvalue weighted by molar-refractivity contribution is 7.98. The summed E-state index contributed by atoms with van der Waals surface area (Å²) in [5.74, 6) is 0. The van der Waals surface area contributed by atoms with E-state index in [4.69, 9.17) is 0 Å². The Morgan fingerprint density at radius 1 is 1.43 bits per heavy atom. The van der Waals surface area contributed by atoms with Gasteiger partial charge in [0.15, 0.2) is 0 Å². The zero-order valence-corrected chi connectivity index (χ0v) is 9.47. The van der Waals surface area contributed by atoms with Gasteiger partial charge < -0.3 is 5.11 Å². The number of hydrogen-bond donors (Lipinski definition) is 1. The molecule has 1 fully saturated rings. The minimum Gasteiger partial charge on any atom is -0.392 e. The minimum atomic E-state index is -0.223. The Morgan fingerprint density at radius 2 is 2.14 bits per heavy atom. The van der Waals surface area contributed by atoms with Gasteiger partial charge in [0, 0.05) is 10.3 Å². The first-order valence-corrected chi connectivity index (χ1v) is 6.24. The molecular weight excluding hydrogens is 192 g/mol. The summed E-state index contributed by atoms with van der Waals surface area (Å²) in [5.41, 5.74) is 1.38. The number of benzene rings is 1. The fraction of sp³-hybridized carbons (Fsp3) is 0.500. The molecule has 1 unspecified atom stereocenters. The third kappa shape index (κ3) is 1.57. The molecule has 0 heterocycles. The molecule has 1 atom stereocenters. The van der Waals surface area contributed by atoms with Crippen molar-refractivity contribution in [2.45, 2.75) is 36.2 Å². The van der Waals surface area contributed by atoms with Gasteiger partial charge in [-0.25, -0.2) is 0 Å². The van der Waals surface area contributed by atoms with Crippen LogP contribution in [0.3, 0.4) is 0 Å². The van der Waals surface area contributed by atoms with Crippen molar-refractivity contribution >= 4 is 11.8 Å². The number of thioether (sulfide) groups is 1. The summed E-state index contributed by atoms with van der Waals surface area (Å²) in [6, 6.07) is 8.56. The van der Waals surface area contributed by atoms with E-state index in [0.29, 0.717) is 0 Å². The molecule has 1 aromatic carbocycles. The Hall–Kier alpha value is -0.470. The summed E-state index contributed by atoms with van der Waals surface area (Å²) in [6.45, 7) is 1.90. The summed E-state index contributed by atoms with van der Waals surface area (Å²) in [5, 5.41) is 9.75. The summed E-state index contributed by atoms with van der Waals surface area (Å²) >= 11 is 1.76. The van der Waals surface area contributed by atoms with Crippen molar-refractivity contribution in [3.05, 3.63) is 29.8 Å². The average Bonchev–Trinajstić information content (AvgIpc) is 2.98. The average molecular weight is 208 g/mol. The topological polar surface area (TPSA) is 20.2 Å². The van der Waals surface area contributed by atoms with Crippen LogP contribution in [0.1, 0.15) is 25.3 Å². The lowest BCUT2D eigenvalue weighted by molar-refractivity contribution is 0.150. The van der Waals surface area contributed by atoms with Crippen LogP contribution in [0.25, 0.3) is 0 Å². The first kappa shape index (κ1) is 10.1. The summed E-state index contributed by atoms with van der Waals surface area (Å²) in [4.78, 5) is 1.29. The molecule has 0 spiro atoms. The molecule has 76 valence electrons.